The summed E-state index contributed by atoms with van der Waals surface area (Å²) >= 11 is 0. The molecular weight excluding hydrogens is 512 g/mol. The van der Waals surface area contributed by atoms with Gasteiger partial charge in [-0.05, 0) is 35.4 Å². The van der Waals surface area contributed by atoms with Crippen molar-refractivity contribution in [1.82, 2.24) is 15.6 Å². The Balaban J connectivity index is 1.47. The second kappa shape index (κ2) is 11.8. The Hall–Kier alpha value is -5.03. The monoisotopic (exact) mass is 540 g/mol. The fourth-order valence-corrected chi connectivity index (χ4v) is 4.44. The third-order valence-electron chi connectivity index (χ3n) is 6.50. The molecule has 3 atom stereocenters. The van der Waals surface area contributed by atoms with Gasteiger partial charge in [0.25, 0.3) is 5.91 Å². The number of carbonyl (C=O) groups excluding carboxylic acids is 3. The number of methoxy groups -OCH3 is 1. The van der Waals surface area contributed by atoms with Crippen molar-refractivity contribution in [2.75, 3.05) is 13.7 Å². The molecule has 0 radical (unpaired) electrons. The number of ether oxygens (including phenoxy) is 2. The molecule has 0 bridgehead atoms. The highest BCUT2D eigenvalue weighted by molar-refractivity contribution is 6.12. The van der Waals surface area contributed by atoms with Gasteiger partial charge in [0.05, 0.1) is 13.7 Å². The second-order valence-corrected chi connectivity index (χ2v) is 9.15. The first-order valence-corrected chi connectivity index (χ1v) is 12.7. The maximum absolute atomic E-state index is 13.8. The molecule has 0 aliphatic carbocycles. The first-order chi connectivity index (χ1) is 19.5. The molecule has 40 heavy (non-hydrogen) atoms. The van der Waals surface area contributed by atoms with Crippen LogP contribution in [0, 0.1) is 0 Å². The zero-order valence-corrected chi connectivity index (χ0v) is 21.7. The van der Waals surface area contributed by atoms with Crippen LogP contribution < -0.4 is 21.1 Å². The standard InChI is InChI=1S/C29H28N6O5/c1-39-21-14-12-19(13-15-21)24-25(28(38)35-29(33-24)40-27(34-35)20-10-6-3-7-11-20)32-26(37)22(31-23(36)17-30)16-18-8-4-2-5-9-18/h2-15,22,24-25H,16-17,30H2,1H3,(H,31,36)(H,32,37)/t22-,24+,25-/m0/s1. The summed E-state index contributed by atoms with van der Waals surface area (Å²) < 4.78 is 11.1. The molecule has 2 aliphatic rings. The van der Waals surface area contributed by atoms with Crippen LogP contribution in [0.25, 0.3) is 0 Å². The van der Waals surface area contributed by atoms with Crippen molar-refractivity contribution in [2.45, 2.75) is 24.5 Å². The van der Waals surface area contributed by atoms with Crippen molar-refractivity contribution in [1.29, 1.82) is 0 Å². The van der Waals surface area contributed by atoms with Crippen molar-refractivity contribution < 1.29 is 23.9 Å². The molecule has 11 heteroatoms. The molecule has 2 heterocycles. The van der Waals surface area contributed by atoms with E-state index in [1.807, 2.05) is 48.5 Å². The van der Waals surface area contributed by atoms with E-state index >= 15 is 0 Å². The lowest BCUT2D eigenvalue weighted by Gasteiger charge is -2.32. The average Bonchev–Trinajstić information content (AvgIpc) is 3.44. The number of hydrazone groups is 1. The maximum atomic E-state index is 13.8. The molecule has 3 amide bonds. The summed E-state index contributed by atoms with van der Waals surface area (Å²) in [6.45, 7) is -0.287. The predicted octanol–water partition coefficient (Wildman–Crippen LogP) is 1.50. The topological polar surface area (TPSA) is 148 Å². The summed E-state index contributed by atoms with van der Waals surface area (Å²) in [7, 11) is 1.55. The molecule has 3 aromatic carbocycles. The number of carbonyl (C=O) groups is 3. The van der Waals surface area contributed by atoms with Crippen LogP contribution in [0.3, 0.4) is 0 Å². The molecular formula is C29H28N6O5. The van der Waals surface area contributed by atoms with E-state index in [1.54, 1.807) is 43.5 Å². The van der Waals surface area contributed by atoms with Gasteiger partial charge in [0.2, 0.25) is 17.7 Å². The van der Waals surface area contributed by atoms with E-state index in [4.69, 9.17) is 15.2 Å². The van der Waals surface area contributed by atoms with Gasteiger partial charge < -0.3 is 25.8 Å². The number of fused-ring (bicyclic) bond motifs is 1. The van der Waals surface area contributed by atoms with E-state index in [2.05, 4.69) is 20.7 Å². The van der Waals surface area contributed by atoms with Gasteiger partial charge in [0.15, 0.2) is 0 Å². The van der Waals surface area contributed by atoms with Crippen LogP contribution in [0.1, 0.15) is 22.7 Å². The van der Waals surface area contributed by atoms with E-state index in [0.717, 1.165) is 10.6 Å². The van der Waals surface area contributed by atoms with Crippen LogP contribution in [-0.4, -0.2) is 60.4 Å². The zero-order chi connectivity index (χ0) is 28.1. The fourth-order valence-electron chi connectivity index (χ4n) is 4.44. The van der Waals surface area contributed by atoms with Gasteiger partial charge in [-0.1, -0.05) is 60.7 Å². The number of nitrogens with two attached hydrogens (primary N) is 1. The molecule has 0 aromatic heterocycles. The van der Waals surface area contributed by atoms with Crippen molar-refractivity contribution in [3.8, 4) is 5.75 Å². The highest BCUT2D eigenvalue weighted by Crippen LogP contribution is 2.31. The Morgan fingerprint density at radius 1 is 1.02 bits per heavy atom. The third kappa shape index (κ3) is 5.69. The molecule has 11 nitrogen and oxygen atoms in total. The first kappa shape index (κ1) is 26.6. The van der Waals surface area contributed by atoms with Gasteiger partial charge in [0, 0.05) is 12.0 Å². The van der Waals surface area contributed by atoms with E-state index in [1.165, 1.54) is 0 Å². The molecule has 5 rings (SSSR count). The van der Waals surface area contributed by atoms with Gasteiger partial charge in [-0.15, -0.1) is 10.1 Å². The Morgan fingerprint density at radius 3 is 2.35 bits per heavy atom. The average molecular weight is 541 g/mol. The minimum absolute atomic E-state index is 0.00689. The normalized spacial score (nSPS) is 18.6. The van der Waals surface area contributed by atoms with Gasteiger partial charge in [0.1, 0.15) is 23.9 Å². The number of rotatable bonds is 9. The first-order valence-electron chi connectivity index (χ1n) is 12.7. The van der Waals surface area contributed by atoms with Crippen molar-refractivity contribution in [3.63, 3.8) is 0 Å². The summed E-state index contributed by atoms with van der Waals surface area (Å²) in [6, 6.07) is 22.4. The number of hydrogen-bond acceptors (Lipinski definition) is 8. The van der Waals surface area contributed by atoms with Crippen LogP contribution in [0.5, 0.6) is 5.75 Å². The Morgan fingerprint density at radius 2 is 1.70 bits per heavy atom. The second-order valence-electron chi connectivity index (χ2n) is 9.15. The number of nitrogens with zero attached hydrogens (tertiary/aromatic N) is 3. The van der Waals surface area contributed by atoms with E-state index in [-0.39, 0.29) is 24.9 Å². The van der Waals surface area contributed by atoms with Crippen LogP contribution in [0.2, 0.25) is 0 Å². The number of aliphatic imine (C=N–C) groups is 1. The molecule has 204 valence electrons. The number of amides is 3. The molecule has 0 fully saturated rings. The summed E-state index contributed by atoms with van der Waals surface area (Å²) in [5.74, 6) is -0.754. The van der Waals surface area contributed by atoms with Crippen LogP contribution in [0.4, 0.5) is 0 Å². The van der Waals surface area contributed by atoms with Gasteiger partial charge in [-0.2, -0.15) is 0 Å². The molecule has 4 N–H and O–H groups in total. The summed E-state index contributed by atoms with van der Waals surface area (Å²) in [5.41, 5.74) is 7.64. The summed E-state index contributed by atoms with van der Waals surface area (Å²) in [5, 5.41) is 10.9. The quantitative estimate of drug-likeness (QED) is 0.375. The van der Waals surface area contributed by atoms with E-state index < -0.39 is 35.8 Å². The van der Waals surface area contributed by atoms with E-state index in [9.17, 15) is 14.4 Å². The van der Waals surface area contributed by atoms with E-state index in [0.29, 0.717) is 16.9 Å². The number of amidine groups is 1. The van der Waals surface area contributed by atoms with Crippen molar-refractivity contribution in [3.05, 3.63) is 102 Å². The highest BCUT2D eigenvalue weighted by Gasteiger charge is 2.45. The van der Waals surface area contributed by atoms with Crippen molar-refractivity contribution >= 4 is 29.6 Å². The SMILES string of the molecule is COc1ccc([C@H]2N=C3OC(c4ccccc4)=NN3C(=O)[C@H]2NC(=O)[C@H](Cc2ccccc2)NC(=O)CN)cc1. The lowest BCUT2D eigenvalue weighted by molar-refractivity contribution is -0.136. The molecule has 0 spiro atoms. The predicted molar refractivity (Wildman–Crippen MR) is 147 cm³/mol. The van der Waals surface area contributed by atoms with Crippen LogP contribution in [-0.2, 0) is 25.5 Å². The zero-order valence-electron chi connectivity index (χ0n) is 21.7. The molecule has 0 saturated carbocycles. The Kier molecular flexibility index (Phi) is 7.83. The molecule has 2 aliphatic heterocycles. The lowest BCUT2D eigenvalue weighted by atomic mass is 9.96. The van der Waals surface area contributed by atoms with Crippen molar-refractivity contribution in [2.24, 2.45) is 15.8 Å². The number of benzene rings is 3. The number of nitrogens with one attached hydrogen (secondary N) is 2. The van der Waals surface area contributed by atoms with Crippen LogP contribution in [0.15, 0.2) is 95.0 Å². The molecule has 3 aromatic rings. The minimum atomic E-state index is -1.14. The Labute approximate surface area is 230 Å². The smallest absolute Gasteiger partial charge is 0.323 e. The van der Waals surface area contributed by atoms with Crippen LogP contribution >= 0.6 is 0 Å². The maximum Gasteiger partial charge on any atom is 0.323 e. The van der Waals surface area contributed by atoms with Gasteiger partial charge in [-0.25, -0.2) is 4.99 Å². The summed E-state index contributed by atoms with van der Waals surface area (Å²) in [4.78, 5) is 44.2. The fraction of sp³-hybridized carbons (Fsp3) is 0.207. The minimum Gasteiger partial charge on any atom is -0.497 e. The number of hydrogen-bond donors (Lipinski definition) is 3. The van der Waals surface area contributed by atoms with Gasteiger partial charge in [-0.3, -0.25) is 14.4 Å². The molecule has 0 saturated heterocycles. The highest BCUT2D eigenvalue weighted by atomic mass is 16.5. The van der Waals surface area contributed by atoms with Gasteiger partial charge >= 0.3 is 6.02 Å². The molecule has 0 unspecified atom stereocenters. The Bertz CT molecular complexity index is 1440. The lowest BCUT2D eigenvalue weighted by Crippen LogP contribution is -2.58. The summed E-state index contributed by atoms with van der Waals surface area (Å²) in [6.07, 6.45) is 0.199. The largest absolute Gasteiger partial charge is 0.497 e. The third-order valence-corrected chi connectivity index (χ3v) is 6.50.